The van der Waals surface area contributed by atoms with Crippen molar-refractivity contribution in [1.29, 1.82) is 0 Å². The van der Waals surface area contributed by atoms with E-state index < -0.39 is 0 Å². The molecule has 0 unspecified atom stereocenters. The Morgan fingerprint density at radius 3 is 2.52 bits per heavy atom. The summed E-state index contributed by atoms with van der Waals surface area (Å²) in [5.74, 6) is 3.03. The highest BCUT2D eigenvalue weighted by atomic mass is 16.2. The Balaban J connectivity index is 1.64. The monoisotopic (exact) mass is 338 g/mol. The van der Waals surface area contributed by atoms with Crippen LogP contribution in [0, 0.1) is 11.8 Å². The second kappa shape index (κ2) is 6.28. The van der Waals surface area contributed by atoms with Gasteiger partial charge in [0.15, 0.2) is 0 Å². The molecule has 2 saturated carbocycles. The molecule has 2 aliphatic carbocycles. The summed E-state index contributed by atoms with van der Waals surface area (Å²) < 4.78 is 1.86. The molecule has 0 aliphatic heterocycles. The van der Waals surface area contributed by atoms with Gasteiger partial charge in [0.1, 0.15) is 5.82 Å². The molecule has 1 heterocycles. The Kier molecular flexibility index (Phi) is 4.10. The average molecular weight is 338 g/mol. The van der Waals surface area contributed by atoms with Crippen LogP contribution >= 0.6 is 0 Å². The lowest BCUT2D eigenvalue weighted by Gasteiger charge is -2.25. The zero-order chi connectivity index (χ0) is 17.6. The van der Waals surface area contributed by atoms with Crippen LogP contribution in [-0.4, -0.2) is 38.2 Å². The minimum absolute atomic E-state index is 0.0364. The number of carbonyl (C=O) groups excluding carboxylic acids is 1. The first kappa shape index (κ1) is 16.3. The van der Waals surface area contributed by atoms with Gasteiger partial charge >= 0.3 is 0 Å². The molecule has 0 bridgehead atoms. The molecule has 25 heavy (non-hydrogen) atoms. The molecule has 0 radical (unpaired) electrons. The molecular weight excluding hydrogens is 312 g/mol. The van der Waals surface area contributed by atoms with Crippen molar-refractivity contribution in [2.75, 3.05) is 6.54 Å². The van der Waals surface area contributed by atoms with E-state index >= 15 is 0 Å². The second-order valence-electron chi connectivity index (χ2n) is 7.84. The molecule has 0 N–H and O–H groups in total. The van der Waals surface area contributed by atoms with Gasteiger partial charge in [-0.1, -0.05) is 25.1 Å². The fourth-order valence-electron chi connectivity index (χ4n) is 3.34. The molecule has 2 aromatic rings. The molecule has 4 rings (SSSR count). The average Bonchev–Trinajstić information content (AvgIpc) is 3.52. The first-order valence-corrected chi connectivity index (χ1v) is 9.38. The Bertz CT molecular complexity index is 763. The predicted octanol–water partition coefficient (Wildman–Crippen LogP) is 3.65. The molecule has 2 atom stereocenters. The van der Waals surface area contributed by atoms with Gasteiger partial charge in [-0.25, -0.2) is 9.67 Å². The summed E-state index contributed by atoms with van der Waals surface area (Å²) in [5, 5.41) is 4.61. The lowest BCUT2D eigenvalue weighted by molar-refractivity contribution is 0.0681. The molecule has 5 heteroatoms. The van der Waals surface area contributed by atoms with E-state index in [0.29, 0.717) is 17.7 Å². The fraction of sp³-hybridized carbons (Fsp3) is 0.550. The molecule has 1 amide bonds. The maximum atomic E-state index is 13.1. The predicted molar refractivity (Wildman–Crippen MR) is 96.8 cm³/mol. The van der Waals surface area contributed by atoms with E-state index in [0.717, 1.165) is 36.8 Å². The van der Waals surface area contributed by atoms with Crippen LogP contribution < -0.4 is 0 Å². The van der Waals surface area contributed by atoms with Crippen molar-refractivity contribution >= 4 is 5.91 Å². The number of nitrogens with zero attached hydrogens (tertiary/aromatic N) is 4. The number of amides is 1. The number of aromatic nitrogens is 3. The van der Waals surface area contributed by atoms with Crippen molar-refractivity contribution in [1.82, 2.24) is 19.7 Å². The largest absolute Gasteiger partial charge is 0.333 e. The van der Waals surface area contributed by atoms with E-state index in [9.17, 15) is 4.79 Å². The van der Waals surface area contributed by atoms with Gasteiger partial charge in [-0.15, -0.1) is 5.10 Å². The quantitative estimate of drug-likeness (QED) is 0.808. The first-order chi connectivity index (χ1) is 12.0. The number of carbonyl (C=O) groups is 1. The molecule has 132 valence electrons. The van der Waals surface area contributed by atoms with Gasteiger partial charge in [-0.3, -0.25) is 4.79 Å². The maximum Gasteiger partial charge on any atom is 0.293 e. The van der Waals surface area contributed by atoms with Crippen molar-refractivity contribution in [2.45, 2.75) is 52.0 Å². The van der Waals surface area contributed by atoms with Crippen molar-refractivity contribution < 1.29 is 4.79 Å². The summed E-state index contributed by atoms with van der Waals surface area (Å²) in [6.07, 6.45) is 3.48. The van der Waals surface area contributed by atoms with Gasteiger partial charge in [0.2, 0.25) is 5.82 Å². The summed E-state index contributed by atoms with van der Waals surface area (Å²) in [6, 6.07) is 10.2. The molecule has 1 aromatic carbocycles. The minimum atomic E-state index is -0.0364. The number of hydrogen-bond acceptors (Lipinski definition) is 3. The third kappa shape index (κ3) is 3.32. The SMILES string of the molecule is CC(C)N(C[C@H]1C[C@@H]1C)C(=O)c1nc(C2CC2)n(-c2ccccc2)n1. The molecule has 2 fully saturated rings. The van der Waals surface area contributed by atoms with E-state index in [-0.39, 0.29) is 11.9 Å². The Labute approximate surface area is 149 Å². The van der Waals surface area contributed by atoms with E-state index in [1.165, 1.54) is 6.42 Å². The van der Waals surface area contributed by atoms with Gasteiger partial charge in [0.05, 0.1) is 5.69 Å². The van der Waals surface area contributed by atoms with Gasteiger partial charge < -0.3 is 4.90 Å². The summed E-state index contributed by atoms with van der Waals surface area (Å²) in [6.45, 7) is 7.21. The smallest absolute Gasteiger partial charge is 0.293 e. The third-order valence-corrected chi connectivity index (χ3v) is 5.36. The van der Waals surface area contributed by atoms with E-state index in [1.54, 1.807) is 0 Å². The van der Waals surface area contributed by atoms with Crippen molar-refractivity contribution in [3.8, 4) is 5.69 Å². The number of benzene rings is 1. The van der Waals surface area contributed by atoms with Crippen LogP contribution in [0.1, 0.15) is 62.4 Å². The summed E-state index contributed by atoms with van der Waals surface area (Å²) in [5.41, 5.74) is 0.975. The highest BCUT2D eigenvalue weighted by Gasteiger charge is 2.38. The highest BCUT2D eigenvalue weighted by molar-refractivity contribution is 5.90. The van der Waals surface area contributed by atoms with Crippen LogP contribution in [0.2, 0.25) is 0 Å². The standard InChI is InChI=1S/C20H26N4O/c1-13(2)23(12-16-11-14(16)3)20(25)18-21-19(15-9-10-15)24(22-18)17-7-5-4-6-8-17/h4-8,13-16H,9-12H2,1-3H3/t14-,16+/m0/s1. The van der Waals surface area contributed by atoms with E-state index in [1.807, 2.05) is 39.9 Å². The zero-order valence-corrected chi connectivity index (χ0v) is 15.2. The Morgan fingerprint density at radius 1 is 1.28 bits per heavy atom. The molecule has 0 spiro atoms. The molecule has 1 aromatic heterocycles. The highest BCUT2D eigenvalue weighted by Crippen LogP contribution is 2.40. The number of hydrogen-bond donors (Lipinski definition) is 0. The van der Waals surface area contributed by atoms with Crippen molar-refractivity contribution in [2.24, 2.45) is 11.8 Å². The van der Waals surface area contributed by atoms with Gasteiger partial charge in [-0.05, 0) is 57.1 Å². The van der Waals surface area contributed by atoms with Crippen molar-refractivity contribution in [3.05, 3.63) is 42.0 Å². The van der Waals surface area contributed by atoms with Crippen molar-refractivity contribution in [3.63, 3.8) is 0 Å². The molecule has 2 aliphatic rings. The van der Waals surface area contributed by atoms with Crippen LogP contribution in [0.15, 0.2) is 30.3 Å². The first-order valence-electron chi connectivity index (χ1n) is 9.38. The van der Waals surface area contributed by atoms with Gasteiger partial charge in [0, 0.05) is 18.5 Å². The minimum Gasteiger partial charge on any atom is -0.333 e. The van der Waals surface area contributed by atoms with E-state index in [2.05, 4.69) is 30.9 Å². The van der Waals surface area contributed by atoms with Crippen LogP contribution in [0.3, 0.4) is 0 Å². The lowest BCUT2D eigenvalue weighted by Crippen LogP contribution is -2.39. The Morgan fingerprint density at radius 2 is 1.96 bits per heavy atom. The maximum absolute atomic E-state index is 13.1. The number of rotatable bonds is 6. The Hall–Kier alpha value is -2.17. The molecule has 0 saturated heterocycles. The van der Waals surface area contributed by atoms with Crippen LogP contribution in [-0.2, 0) is 0 Å². The van der Waals surface area contributed by atoms with Crippen LogP contribution in [0.4, 0.5) is 0 Å². The normalized spacial score (nSPS) is 22.2. The number of para-hydroxylation sites is 1. The van der Waals surface area contributed by atoms with Crippen LogP contribution in [0.5, 0.6) is 0 Å². The lowest BCUT2D eigenvalue weighted by atomic mass is 10.2. The fourth-order valence-corrected chi connectivity index (χ4v) is 3.34. The summed E-state index contributed by atoms with van der Waals surface area (Å²) in [7, 11) is 0. The zero-order valence-electron chi connectivity index (χ0n) is 15.2. The molecule has 5 nitrogen and oxygen atoms in total. The topological polar surface area (TPSA) is 51.0 Å². The second-order valence-corrected chi connectivity index (χ2v) is 7.84. The van der Waals surface area contributed by atoms with Crippen LogP contribution in [0.25, 0.3) is 5.69 Å². The van der Waals surface area contributed by atoms with E-state index in [4.69, 9.17) is 0 Å². The summed E-state index contributed by atoms with van der Waals surface area (Å²) in [4.78, 5) is 19.7. The summed E-state index contributed by atoms with van der Waals surface area (Å²) >= 11 is 0. The molecular formula is C20H26N4O. The van der Waals surface area contributed by atoms with Gasteiger partial charge in [0.25, 0.3) is 5.91 Å². The van der Waals surface area contributed by atoms with Gasteiger partial charge in [-0.2, -0.15) is 0 Å². The third-order valence-electron chi connectivity index (χ3n) is 5.36.